The molecule has 0 unspecified atom stereocenters. The van der Waals surface area contributed by atoms with E-state index in [4.69, 9.17) is 0 Å². The number of anilines is 3. The Morgan fingerprint density at radius 3 is 1.74 bits per heavy atom. The highest BCUT2D eigenvalue weighted by Crippen LogP contribution is 2.36. The molecule has 3 nitrogen and oxygen atoms in total. The van der Waals surface area contributed by atoms with Gasteiger partial charge in [0.2, 0.25) is 0 Å². The van der Waals surface area contributed by atoms with E-state index in [2.05, 4.69) is 65.6 Å². The van der Waals surface area contributed by atoms with Gasteiger partial charge in [0.1, 0.15) is 0 Å². The Morgan fingerprint density at radius 2 is 1.15 bits per heavy atom. The molecule has 0 aromatic heterocycles. The minimum Gasteiger partial charge on any atom is -0.362 e. The summed E-state index contributed by atoms with van der Waals surface area (Å²) >= 11 is 0. The number of carbonyl (C=O) groups is 1. The van der Waals surface area contributed by atoms with E-state index in [9.17, 15) is 4.79 Å². The summed E-state index contributed by atoms with van der Waals surface area (Å²) in [6, 6.07) is 25.0. The molecule has 3 aromatic rings. The molecule has 2 heterocycles. The number of para-hydroxylation sites is 3. The maximum absolute atomic E-state index is 13.5. The molecule has 0 bridgehead atoms. The fourth-order valence-corrected chi connectivity index (χ4v) is 4.35. The van der Waals surface area contributed by atoms with Crippen LogP contribution in [0.3, 0.4) is 0 Å². The molecular formula is C24H22N2O. The molecule has 0 aliphatic carbocycles. The van der Waals surface area contributed by atoms with Crippen molar-refractivity contribution in [3.63, 3.8) is 0 Å². The lowest BCUT2D eigenvalue weighted by atomic mass is 10.0. The van der Waals surface area contributed by atoms with Crippen molar-refractivity contribution in [2.45, 2.75) is 19.3 Å². The first-order valence-electron chi connectivity index (χ1n) is 9.63. The number of hydrogen-bond acceptors (Lipinski definition) is 2. The van der Waals surface area contributed by atoms with Gasteiger partial charge >= 0.3 is 0 Å². The van der Waals surface area contributed by atoms with Gasteiger partial charge in [-0.05, 0) is 54.2 Å². The van der Waals surface area contributed by atoms with Gasteiger partial charge in [-0.15, -0.1) is 0 Å². The third kappa shape index (κ3) is 2.80. The number of nitrogens with zero attached hydrogens (tertiary/aromatic N) is 2. The lowest BCUT2D eigenvalue weighted by Gasteiger charge is -2.28. The monoisotopic (exact) mass is 354 g/mol. The Hall–Kier alpha value is -3.07. The zero-order valence-corrected chi connectivity index (χ0v) is 15.3. The molecule has 0 saturated heterocycles. The fourth-order valence-electron chi connectivity index (χ4n) is 4.35. The average molecular weight is 354 g/mol. The molecule has 0 spiro atoms. The first kappa shape index (κ1) is 16.1. The molecule has 2 aliphatic heterocycles. The Bertz CT molecular complexity index is 963. The maximum atomic E-state index is 13.5. The van der Waals surface area contributed by atoms with Crippen LogP contribution >= 0.6 is 0 Å². The van der Waals surface area contributed by atoms with Crippen LogP contribution in [0.1, 0.15) is 16.7 Å². The van der Waals surface area contributed by atoms with Crippen LogP contribution in [0.4, 0.5) is 17.1 Å². The first-order valence-corrected chi connectivity index (χ1v) is 9.63. The predicted molar refractivity (Wildman–Crippen MR) is 110 cm³/mol. The average Bonchev–Trinajstić information content (AvgIpc) is 3.02. The molecule has 1 amide bonds. The van der Waals surface area contributed by atoms with Crippen molar-refractivity contribution in [2.24, 2.45) is 0 Å². The van der Waals surface area contributed by atoms with Crippen LogP contribution in [-0.2, 0) is 24.1 Å². The molecular weight excluding hydrogens is 332 g/mol. The van der Waals surface area contributed by atoms with Crippen LogP contribution in [0.15, 0.2) is 72.8 Å². The van der Waals surface area contributed by atoms with Crippen molar-refractivity contribution in [1.82, 2.24) is 0 Å². The number of aryl methyl sites for hydroxylation is 2. The number of carbonyl (C=O) groups excluding carboxylic acids is 1. The van der Waals surface area contributed by atoms with E-state index in [1.54, 1.807) is 0 Å². The number of hydrogen-bond donors (Lipinski definition) is 0. The Labute approximate surface area is 159 Å². The third-order valence-electron chi connectivity index (χ3n) is 5.69. The quantitative estimate of drug-likeness (QED) is 0.676. The summed E-state index contributed by atoms with van der Waals surface area (Å²) in [6.45, 7) is 1.31. The van der Waals surface area contributed by atoms with Gasteiger partial charge in [-0.2, -0.15) is 0 Å². The predicted octanol–water partition coefficient (Wildman–Crippen LogP) is 4.51. The van der Waals surface area contributed by atoms with Gasteiger partial charge < -0.3 is 4.90 Å². The van der Waals surface area contributed by atoms with Crippen molar-refractivity contribution in [1.29, 1.82) is 0 Å². The lowest BCUT2D eigenvalue weighted by molar-refractivity contribution is -0.116. The molecule has 27 heavy (non-hydrogen) atoms. The zero-order valence-electron chi connectivity index (χ0n) is 15.3. The molecule has 5 rings (SSSR count). The number of amides is 1. The van der Waals surface area contributed by atoms with Gasteiger partial charge in [0.05, 0.1) is 17.9 Å². The van der Waals surface area contributed by atoms with Crippen LogP contribution in [-0.4, -0.2) is 19.0 Å². The highest BCUT2D eigenvalue weighted by molar-refractivity contribution is 6.04. The van der Waals surface area contributed by atoms with E-state index >= 15 is 0 Å². The highest BCUT2D eigenvalue weighted by atomic mass is 16.2. The Morgan fingerprint density at radius 1 is 0.667 bits per heavy atom. The molecule has 0 N–H and O–H groups in total. The van der Waals surface area contributed by atoms with Crippen LogP contribution < -0.4 is 9.80 Å². The fraction of sp³-hybridized carbons (Fsp3) is 0.208. The van der Waals surface area contributed by atoms with E-state index in [0.29, 0.717) is 6.54 Å². The largest absolute Gasteiger partial charge is 0.362 e. The van der Waals surface area contributed by atoms with Gasteiger partial charge in [-0.25, -0.2) is 0 Å². The van der Waals surface area contributed by atoms with E-state index in [1.165, 1.54) is 22.4 Å². The molecule has 3 heteroatoms. The molecule has 2 aliphatic rings. The van der Waals surface area contributed by atoms with Crippen molar-refractivity contribution < 1.29 is 4.79 Å². The number of benzene rings is 3. The first-order chi connectivity index (χ1) is 13.3. The van der Waals surface area contributed by atoms with Gasteiger partial charge in [0, 0.05) is 12.2 Å². The molecule has 0 saturated carbocycles. The van der Waals surface area contributed by atoms with Crippen LogP contribution in [0.5, 0.6) is 0 Å². The normalized spacial score (nSPS) is 15.0. The van der Waals surface area contributed by atoms with Crippen molar-refractivity contribution in [3.05, 3.63) is 89.5 Å². The molecule has 134 valence electrons. The lowest BCUT2D eigenvalue weighted by Crippen LogP contribution is -2.37. The van der Waals surface area contributed by atoms with Gasteiger partial charge in [0.15, 0.2) is 0 Å². The van der Waals surface area contributed by atoms with Gasteiger partial charge in [-0.1, -0.05) is 54.6 Å². The molecule has 3 aromatic carbocycles. The van der Waals surface area contributed by atoms with Crippen LogP contribution in [0, 0.1) is 0 Å². The highest BCUT2D eigenvalue weighted by Gasteiger charge is 2.28. The SMILES string of the molecule is O=C(CN1CCc2ccccc21)N1c2ccccc2CCc2ccccc21. The summed E-state index contributed by atoms with van der Waals surface area (Å²) in [5.74, 6) is 0.133. The van der Waals surface area contributed by atoms with Gasteiger partial charge in [0.25, 0.3) is 5.91 Å². The number of fused-ring (bicyclic) bond motifs is 3. The second kappa shape index (κ2) is 6.58. The molecule has 0 radical (unpaired) electrons. The summed E-state index contributed by atoms with van der Waals surface area (Å²) in [5.41, 5.74) is 7.07. The van der Waals surface area contributed by atoms with Gasteiger partial charge in [-0.3, -0.25) is 9.69 Å². The smallest absolute Gasteiger partial charge is 0.251 e. The van der Waals surface area contributed by atoms with E-state index < -0.39 is 0 Å². The zero-order chi connectivity index (χ0) is 18.2. The second-order valence-electron chi connectivity index (χ2n) is 7.29. The van der Waals surface area contributed by atoms with Crippen molar-refractivity contribution >= 4 is 23.0 Å². The van der Waals surface area contributed by atoms with Crippen molar-refractivity contribution in [3.8, 4) is 0 Å². The van der Waals surface area contributed by atoms with Crippen LogP contribution in [0.2, 0.25) is 0 Å². The Balaban J connectivity index is 1.53. The minimum atomic E-state index is 0.133. The third-order valence-corrected chi connectivity index (χ3v) is 5.69. The van der Waals surface area contributed by atoms with E-state index in [1.807, 2.05) is 17.0 Å². The Kier molecular flexibility index (Phi) is 3.93. The van der Waals surface area contributed by atoms with E-state index in [0.717, 1.165) is 37.2 Å². The topological polar surface area (TPSA) is 23.6 Å². The van der Waals surface area contributed by atoms with Crippen molar-refractivity contribution in [2.75, 3.05) is 22.9 Å². The van der Waals surface area contributed by atoms with Crippen LogP contribution in [0.25, 0.3) is 0 Å². The summed E-state index contributed by atoms with van der Waals surface area (Å²) in [5, 5.41) is 0. The number of rotatable bonds is 2. The second-order valence-corrected chi connectivity index (χ2v) is 7.29. The standard InChI is InChI=1S/C24H22N2O/c27-24(17-25-16-15-20-9-1-4-10-21(20)25)26-22-11-5-2-7-18(22)13-14-19-8-3-6-12-23(19)26/h1-12H,13-17H2. The summed E-state index contributed by atoms with van der Waals surface area (Å²) in [4.78, 5) is 17.7. The molecule has 0 fully saturated rings. The van der Waals surface area contributed by atoms with E-state index in [-0.39, 0.29) is 5.91 Å². The summed E-state index contributed by atoms with van der Waals surface area (Å²) < 4.78 is 0. The molecule has 0 atom stereocenters. The minimum absolute atomic E-state index is 0.133. The maximum Gasteiger partial charge on any atom is 0.251 e. The summed E-state index contributed by atoms with van der Waals surface area (Å²) in [6.07, 6.45) is 2.93. The summed E-state index contributed by atoms with van der Waals surface area (Å²) in [7, 11) is 0.